The van der Waals surface area contributed by atoms with Crippen LogP contribution < -0.4 is 0 Å². The molecule has 0 saturated heterocycles. The van der Waals surface area contributed by atoms with Gasteiger partial charge in [-0.25, -0.2) is 0 Å². The number of methoxy groups -OCH3 is 1. The van der Waals surface area contributed by atoms with Gasteiger partial charge in [0.1, 0.15) is 0 Å². The van der Waals surface area contributed by atoms with E-state index in [1.165, 1.54) is 7.11 Å². The van der Waals surface area contributed by atoms with Crippen LogP contribution in [-0.4, -0.2) is 24.8 Å². The van der Waals surface area contributed by atoms with Gasteiger partial charge in [0.15, 0.2) is 6.61 Å². The third-order valence-corrected chi connectivity index (χ3v) is 0.241. The van der Waals surface area contributed by atoms with Crippen molar-refractivity contribution in [2.75, 3.05) is 13.7 Å². The summed E-state index contributed by atoms with van der Waals surface area (Å²) in [6, 6.07) is 0. The lowest BCUT2D eigenvalue weighted by molar-refractivity contribution is 0.243. The summed E-state index contributed by atoms with van der Waals surface area (Å²) in [6.07, 6.45) is 0.958. The molecule has 1 N–H and O–H groups in total. The van der Waals surface area contributed by atoms with Crippen molar-refractivity contribution in [3.05, 3.63) is 0 Å². The van der Waals surface area contributed by atoms with Gasteiger partial charge in [0.05, 0.1) is 0 Å². The van der Waals surface area contributed by atoms with Gasteiger partial charge in [-0.05, 0) is 0 Å². The van der Waals surface area contributed by atoms with E-state index in [1.54, 1.807) is 0 Å². The molecule has 0 aromatic rings. The van der Waals surface area contributed by atoms with E-state index in [9.17, 15) is 0 Å². The highest BCUT2D eigenvalue weighted by Gasteiger charge is 1.71. The highest BCUT2D eigenvalue weighted by Crippen LogP contribution is 1.50. The van der Waals surface area contributed by atoms with Crippen LogP contribution in [0.25, 0.3) is 0 Å². The van der Waals surface area contributed by atoms with Crippen LogP contribution in [0.3, 0.4) is 0 Å². The Kier molecular flexibility index (Phi) is 3.36. The zero-order valence-corrected chi connectivity index (χ0v) is 3.14. The van der Waals surface area contributed by atoms with E-state index in [-0.39, 0.29) is 0 Å². The van der Waals surface area contributed by atoms with Crippen LogP contribution >= 0.6 is 0 Å². The monoisotopic (exact) mass is 75.0 g/mol. The molecular formula is C3H7O2+. The number of hydrogen-bond acceptors (Lipinski definition) is 1. The van der Waals surface area contributed by atoms with E-state index in [0.717, 1.165) is 6.29 Å². The molecule has 0 rings (SSSR count). The summed E-state index contributed by atoms with van der Waals surface area (Å²) in [7, 11) is 1.52. The Morgan fingerprint density at radius 1 is 2.00 bits per heavy atom. The second-order valence-electron chi connectivity index (χ2n) is 0.638. The van der Waals surface area contributed by atoms with E-state index < -0.39 is 0 Å². The second-order valence-corrected chi connectivity index (χ2v) is 0.638. The maximum Gasteiger partial charge on any atom is 0.307 e. The van der Waals surface area contributed by atoms with Crippen molar-refractivity contribution in [3.63, 3.8) is 0 Å². The minimum Gasteiger partial charge on any atom is -0.371 e. The van der Waals surface area contributed by atoms with Gasteiger partial charge < -0.3 is 4.74 Å². The van der Waals surface area contributed by atoms with Crippen LogP contribution in [0.4, 0.5) is 0 Å². The molecule has 2 nitrogen and oxygen atoms in total. The molecule has 5 heavy (non-hydrogen) atoms. The molecule has 0 bridgehead atoms. The minimum atomic E-state index is 0.319. The van der Waals surface area contributed by atoms with Gasteiger partial charge in [-0.1, -0.05) is 0 Å². The Bertz CT molecular complexity index is 26.1. The summed E-state index contributed by atoms with van der Waals surface area (Å²) in [4.78, 5) is 7.82. The van der Waals surface area contributed by atoms with E-state index in [0.29, 0.717) is 6.61 Å². The topological polar surface area (TPSA) is 30.6 Å². The fourth-order valence-corrected chi connectivity index (χ4v) is 0.0745. The fourth-order valence-electron chi connectivity index (χ4n) is 0.0745. The first-order valence-corrected chi connectivity index (χ1v) is 1.36. The molecule has 0 aromatic heterocycles. The van der Waals surface area contributed by atoms with Gasteiger partial charge >= 0.3 is 6.29 Å². The normalized spacial score (nSPS) is 7.40. The highest BCUT2D eigenvalue weighted by atomic mass is 16.5. The Morgan fingerprint density at radius 3 is 2.60 bits per heavy atom. The molecule has 0 saturated carbocycles. The zero-order chi connectivity index (χ0) is 4.12. The Balaban J connectivity index is 2.40. The quantitative estimate of drug-likeness (QED) is 0.330. The lowest BCUT2D eigenvalue weighted by Crippen LogP contribution is -1.85. The first-order chi connectivity index (χ1) is 2.41. The fraction of sp³-hybridized carbons (Fsp3) is 0.667. The molecule has 0 radical (unpaired) electrons. The van der Waals surface area contributed by atoms with Crippen molar-refractivity contribution >= 4 is 6.29 Å². The molecule has 0 heterocycles. The first-order valence-electron chi connectivity index (χ1n) is 1.36. The third kappa shape index (κ3) is 3.63. The predicted octanol–water partition coefficient (Wildman–Crippen LogP) is -0.192. The second kappa shape index (κ2) is 3.63. The highest BCUT2D eigenvalue weighted by molar-refractivity contribution is 5.51. The Morgan fingerprint density at radius 2 is 2.60 bits per heavy atom. The van der Waals surface area contributed by atoms with Crippen molar-refractivity contribution in [1.82, 2.24) is 0 Å². The lowest BCUT2D eigenvalue weighted by atomic mass is 10.8. The number of hydrogen-bond donors (Lipinski definition) is 0. The summed E-state index contributed by atoms with van der Waals surface area (Å²) in [5, 5.41) is 0. The summed E-state index contributed by atoms with van der Waals surface area (Å²) in [5.74, 6) is 0. The predicted molar refractivity (Wildman–Crippen MR) is 19.9 cm³/mol. The molecule has 0 spiro atoms. The van der Waals surface area contributed by atoms with E-state index in [4.69, 9.17) is 4.79 Å². The lowest BCUT2D eigenvalue weighted by Gasteiger charge is -1.72. The average Bonchev–Trinajstić information content (AvgIpc) is 1.41. The van der Waals surface area contributed by atoms with Crippen molar-refractivity contribution in [1.29, 1.82) is 0 Å². The van der Waals surface area contributed by atoms with Gasteiger partial charge in [0, 0.05) is 7.11 Å². The maximum absolute atomic E-state index is 7.82. The summed E-state index contributed by atoms with van der Waals surface area (Å²) in [6.45, 7) is 0.319. The van der Waals surface area contributed by atoms with Crippen LogP contribution in [0.2, 0.25) is 0 Å². The van der Waals surface area contributed by atoms with Crippen LogP contribution in [0.5, 0.6) is 0 Å². The van der Waals surface area contributed by atoms with Gasteiger partial charge in [-0.15, -0.1) is 0 Å². The van der Waals surface area contributed by atoms with Gasteiger partial charge in [0.2, 0.25) is 0 Å². The smallest absolute Gasteiger partial charge is 0.307 e. The van der Waals surface area contributed by atoms with E-state index in [2.05, 4.69) is 4.74 Å². The number of ether oxygens (including phenoxy) is 1. The van der Waals surface area contributed by atoms with Crippen molar-refractivity contribution in [3.8, 4) is 0 Å². The van der Waals surface area contributed by atoms with Crippen molar-refractivity contribution in [2.45, 2.75) is 0 Å². The van der Waals surface area contributed by atoms with Crippen molar-refractivity contribution < 1.29 is 9.53 Å². The molecule has 30 valence electrons. The molecule has 0 aliphatic heterocycles. The molecule has 0 aromatic carbocycles. The molecule has 0 aliphatic rings. The summed E-state index contributed by atoms with van der Waals surface area (Å²) in [5.41, 5.74) is 0. The van der Waals surface area contributed by atoms with Crippen LogP contribution in [0.1, 0.15) is 0 Å². The SMILES string of the molecule is COCC=[OH+]. The maximum atomic E-state index is 7.82. The van der Waals surface area contributed by atoms with Gasteiger partial charge in [0.25, 0.3) is 0 Å². The van der Waals surface area contributed by atoms with Crippen LogP contribution in [0, 0.1) is 0 Å². The summed E-state index contributed by atoms with van der Waals surface area (Å²) >= 11 is 0. The largest absolute Gasteiger partial charge is 0.371 e. The molecule has 0 atom stereocenters. The molecule has 0 aliphatic carbocycles. The van der Waals surface area contributed by atoms with Crippen molar-refractivity contribution in [2.24, 2.45) is 0 Å². The zero-order valence-electron chi connectivity index (χ0n) is 3.14. The molecule has 2 heteroatoms. The Hall–Kier alpha value is -0.370. The molecule has 0 amide bonds. The number of rotatable bonds is 2. The Labute approximate surface area is 30.7 Å². The van der Waals surface area contributed by atoms with Gasteiger partial charge in [-0.3, -0.25) is 4.79 Å². The molecular weight excluding hydrogens is 68.0 g/mol. The average molecular weight is 75.1 g/mol. The van der Waals surface area contributed by atoms with E-state index in [1.807, 2.05) is 0 Å². The molecule has 0 unspecified atom stereocenters. The van der Waals surface area contributed by atoms with Crippen LogP contribution in [-0.2, 0) is 4.74 Å². The van der Waals surface area contributed by atoms with Gasteiger partial charge in [-0.2, -0.15) is 0 Å². The number of carbonyl (C=O) groups excluding carboxylic acids is 1. The summed E-state index contributed by atoms with van der Waals surface area (Å²) < 4.78 is 4.39. The van der Waals surface area contributed by atoms with E-state index >= 15 is 0 Å². The minimum absolute atomic E-state index is 0.319. The molecule has 0 fully saturated rings. The first kappa shape index (κ1) is 4.63. The number of aldehydes is 1. The third-order valence-electron chi connectivity index (χ3n) is 0.241. The van der Waals surface area contributed by atoms with Crippen LogP contribution in [0.15, 0.2) is 0 Å². The standard InChI is InChI=1S/C3H6O2/c1-5-3-2-4/h2H,3H2,1H3/p+1.